The van der Waals surface area contributed by atoms with Gasteiger partial charge in [0.2, 0.25) is 0 Å². The molecular weight excluding hydrogens is 330 g/mol. The highest BCUT2D eigenvalue weighted by Crippen LogP contribution is 2.12. The van der Waals surface area contributed by atoms with Crippen molar-refractivity contribution in [3.05, 3.63) is 65.7 Å². The van der Waals surface area contributed by atoms with E-state index in [2.05, 4.69) is 15.8 Å². The third kappa shape index (κ3) is 5.44. The molecule has 0 spiro atoms. The van der Waals surface area contributed by atoms with Crippen LogP contribution in [-0.4, -0.2) is 31.2 Å². The molecule has 0 saturated heterocycles. The van der Waals surface area contributed by atoms with Gasteiger partial charge in [-0.1, -0.05) is 44.2 Å². The monoisotopic (exact) mass is 353 g/mol. The summed E-state index contributed by atoms with van der Waals surface area (Å²) in [5, 5.41) is 6.71. The van der Waals surface area contributed by atoms with Crippen molar-refractivity contribution in [2.75, 3.05) is 7.11 Å². The van der Waals surface area contributed by atoms with Crippen LogP contribution >= 0.6 is 0 Å². The van der Waals surface area contributed by atoms with Gasteiger partial charge in [-0.15, -0.1) is 0 Å². The topological polar surface area (TPSA) is 79.8 Å². The molecule has 0 unspecified atom stereocenters. The maximum atomic E-state index is 12.4. The van der Waals surface area contributed by atoms with Gasteiger partial charge in [-0.3, -0.25) is 9.59 Å². The number of amides is 2. The fraction of sp³-hybridized carbons (Fsp3) is 0.250. The summed E-state index contributed by atoms with van der Waals surface area (Å²) in [6, 6.07) is 15.4. The van der Waals surface area contributed by atoms with Crippen molar-refractivity contribution < 1.29 is 14.3 Å². The first-order valence-electron chi connectivity index (χ1n) is 8.34. The first-order valence-corrected chi connectivity index (χ1v) is 8.34. The van der Waals surface area contributed by atoms with E-state index in [1.165, 1.54) is 0 Å². The van der Waals surface area contributed by atoms with Crippen molar-refractivity contribution in [2.24, 2.45) is 11.0 Å². The molecule has 2 N–H and O–H groups in total. The van der Waals surface area contributed by atoms with Crippen LogP contribution in [0.1, 0.15) is 29.8 Å². The number of methoxy groups -OCH3 is 1. The van der Waals surface area contributed by atoms with Gasteiger partial charge >= 0.3 is 0 Å². The lowest BCUT2D eigenvalue weighted by Crippen LogP contribution is -2.48. The molecule has 6 nitrogen and oxygen atoms in total. The second-order valence-corrected chi connectivity index (χ2v) is 6.07. The molecule has 0 aliphatic rings. The van der Waals surface area contributed by atoms with E-state index in [9.17, 15) is 9.59 Å². The number of hydrazone groups is 1. The predicted octanol–water partition coefficient (Wildman–Crippen LogP) is 2.60. The van der Waals surface area contributed by atoms with E-state index in [1.807, 2.05) is 44.2 Å². The molecule has 0 saturated carbocycles. The minimum Gasteiger partial charge on any atom is -0.497 e. The van der Waals surface area contributed by atoms with Gasteiger partial charge in [0.05, 0.1) is 13.3 Å². The van der Waals surface area contributed by atoms with Crippen LogP contribution in [0, 0.1) is 5.92 Å². The van der Waals surface area contributed by atoms with Crippen LogP contribution in [0.5, 0.6) is 5.75 Å². The summed E-state index contributed by atoms with van der Waals surface area (Å²) >= 11 is 0. The van der Waals surface area contributed by atoms with Gasteiger partial charge in [0.25, 0.3) is 11.8 Å². The van der Waals surface area contributed by atoms with Crippen molar-refractivity contribution in [1.82, 2.24) is 10.7 Å². The number of benzene rings is 2. The molecule has 0 bridgehead atoms. The summed E-state index contributed by atoms with van der Waals surface area (Å²) in [7, 11) is 1.56. The van der Waals surface area contributed by atoms with E-state index in [4.69, 9.17) is 4.74 Å². The lowest BCUT2D eigenvalue weighted by Gasteiger charge is -2.20. The number of hydrogen-bond acceptors (Lipinski definition) is 4. The molecule has 136 valence electrons. The SMILES string of the molecule is COc1ccc(C(=O)N[C@H](C(=O)N/N=C/c2ccccc2)C(C)C)cc1. The molecule has 1 atom stereocenters. The maximum absolute atomic E-state index is 12.4. The molecule has 0 fully saturated rings. The number of hydrogen-bond donors (Lipinski definition) is 2. The van der Waals surface area contributed by atoms with Crippen LogP contribution < -0.4 is 15.5 Å². The van der Waals surface area contributed by atoms with Gasteiger partial charge in [0, 0.05) is 5.56 Å². The Bertz CT molecular complexity index is 756. The lowest BCUT2D eigenvalue weighted by atomic mass is 10.0. The molecule has 2 rings (SSSR count). The zero-order valence-corrected chi connectivity index (χ0v) is 15.1. The minimum atomic E-state index is -0.697. The molecule has 0 aliphatic carbocycles. The van der Waals surface area contributed by atoms with Crippen molar-refractivity contribution in [1.29, 1.82) is 0 Å². The van der Waals surface area contributed by atoms with E-state index in [0.717, 1.165) is 5.56 Å². The van der Waals surface area contributed by atoms with Crippen molar-refractivity contribution in [2.45, 2.75) is 19.9 Å². The summed E-state index contributed by atoms with van der Waals surface area (Å²) in [5.41, 5.74) is 3.81. The Kier molecular flexibility index (Phi) is 6.91. The van der Waals surface area contributed by atoms with Gasteiger partial charge in [0.15, 0.2) is 0 Å². The number of carbonyl (C=O) groups is 2. The highest BCUT2D eigenvalue weighted by atomic mass is 16.5. The number of nitrogens with zero attached hydrogens (tertiary/aromatic N) is 1. The number of ether oxygens (including phenoxy) is 1. The molecule has 0 aliphatic heterocycles. The molecular formula is C20H23N3O3. The zero-order valence-electron chi connectivity index (χ0n) is 15.1. The van der Waals surface area contributed by atoms with Crippen LogP contribution in [0.25, 0.3) is 0 Å². The third-order valence-corrected chi connectivity index (χ3v) is 3.78. The van der Waals surface area contributed by atoms with Crippen LogP contribution in [0.2, 0.25) is 0 Å². The highest BCUT2D eigenvalue weighted by molar-refractivity contribution is 5.97. The molecule has 2 aromatic rings. The Hall–Kier alpha value is -3.15. The Morgan fingerprint density at radius 3 is 2.27 bits per heavy atom. The van der Waals surface area contributed by atoms with Gasteiger partial charge < -0.3 is 10.1 Å². The molecule has 2 amide bonds. The largest absolute Gasteiger partial charge is 0.497 e. The first kappa shape index (κ1) is 19.2. The molecule has 2 aromatic carbocycles. The fourth-order valence-corrected chi connectivity index (χ4v) is 2.28. The number of rotatable bonds is 7. The third-order valence-electron chi connectivity index (χ3n) is 3.78. The van der Waals surface area contributed by atoms with Crippen molar-refractivity contribution >= 4 is 18.0 Å². The lowest BCUT2D eigenvalue weighted by molar-refractivity contribution is -0.123. The maximum Gasteiger partial charge on any atom is 0.262 e. The van der Waals surface area contributed by atoms with Crippen LogP contribution in [0.3, 0.4) is 0 Å². The number of nitrogens with one attached hydrogen (secondary N) is 2. The fourth-order valence-electron chi connectivity index (χ4n) is 2.28. The van der Waals surface area contributed by atoms with Crippen molar-refractivity contribution in [3.8, 4) is 5.75 Å². The van der Waals surface area contributed by atoms with Crippen LogP contribution in [0.15, 0.2) is 59.7 Å². The van der Waals surface area contributed by atoms with Gasteiger partial charge in [-0.25, -0.2) is 5.43 Å². The summed E-state index contributed by atoms with van der Waals surface area (Å²) in [6.07, 6.45) is 1.56. The van der Waals surface area contributed by atoms with E-state index in [0.29, 0.717) is 11.3 Å². The van der Waals surface area contributed by atoms with E-state index in [-0.39, 0.29) is 17.7 Å². The van der Waals surface area contributed by atoms with Crippen molar-refractivity contribution in [3.63, 3.8) is 0 Å². The minimum absolute atomic E-state index is 0.0934. The van der Waals surface area contributed by atoms with Gasteiger partial charge in [-0.05, 0) is 35.7 Å². The predicted molar refractivity (Wildman–Crippen MR) is 101 cm³/mol. The van der Waals surface area contributed by atoms with E-state index in [1.54, 1.807) is 37.6 Å². The molecule has 6 heteroatoms. The molecule has 0 radical (unpaired) electrons. The first-order chi connectivity index (χ1) is 12.5. The van der Waals surface area contributed by atoms with E-state index >= 15 is 0 Å². The molecule has 0 aromatic heterocycles. The zero-order chi connectivity index (χ0) is 18.9. The normalized spacial score (nSPS) is 12.0. The molecule has 26 heavy (non-hydrogen) atoms. The number of carbonyl (C=O) groups excluding carboxylic acids is 2. The highest BCUT2D eigenvalue weighted by Gasteiger charge is 2.24. The molecule has 0 heterocycles. The quantitative estimate of drug-likeness (QED) is 0.593. The van der Waals surface area contributed by atoms with Crippen LogP contribution in [-0.2, 0) is 4.79 Å². The van der Waals surface area contributed by atoms with Gasteiger partial charge in [-0.2, -0.15) is 5.10 Å². The smallest absolute Gasteiger partial charge is 0.262 e. The summed E-state index contributed by atoms with van der Waals surface area (Å²) in [6.45, 7) is 3.72. The second kappa shape index (κ2) is 9.36. The summed E-state index contributed by atoms with van der Waals surface area (Å²) in [4.78, 5) is 24.8. The Morgan fingerprint density at radius 1 is 1.04 bits per heavy atom. The second-order valence-electron chi connectivity index (χ2n) is 6.07. The Labute approximate surface area is 153 Å². The van der Waals surface area contributed by atoms with Gasteiger partial charge in [0.1, 0.15) is 11.8 Å². The summed E-state index contributed by atoms with van der Waals surface area (Å²) < 4.78 is 5.08. The van der Waals surface area contributed by atoms with Crippen LogP contribution in [0.4, 0.5) is 0 Å². The Balaban J connectivity index is 1.99. The van der Waals surface area contributed by atoms with E-state index < -0.39 is 6.04 Å². The average molecular weight is 353 g/mol. The summed E-state index contributed by atoms with van der Waals surface area (Å²) in [5.74, 6) is -0.123. The Morgan fingerprint density at radius 2 is 1.69 bits per heavy atom. The average Bonchev–Trinajstić information content (AvgIpc) is 2.66. The standard InChI is InChI=1S/C20H23N3O3/c1-14(2)18(20(25)23-21-13-15-7-5-4-6-8-15)22-19(24)16-9-11-17(26-3)12-10-16/h4-14,18H,1-3H3,(H,22,24)(H,23,25)/b21-13+/t18-/m0/s1.